The van der Waals surface area contributed by atoms with E-state index in [1.165, 1.54) is 38.5 Å². The Hall–Kier alpha value is -0.450. The van der Waals surface area contributed by atoms with E-state index in [2.05, 4.69) is 15.8 Å². The zero-order chi connectivity index (χ0) is 10.5. The van der Waals surface area contributed by atoms with E-state index in [9.17, 15) is 0 Å². The summed E-state index contributed by atoms with van der Waals surface area (Å²) in [4.78, 5) is 4.37. The van der Waals surface area contributed by atoms with Crippen LogP contribution < -0.4 is 11.3 Å². The molecule has 0 bridgehead atoms. The predicted molar refractivity (Wildman–Crippen MR) is 63.4 cm³/mol. The quantitative estimate of drug-likeness (QED) is 0.472. The van der Waals surface area contributed by atoms with Gasteiger partial charge in [0.05, 0.1) is 17.2 Å². The monoisotopic (exact) mass is 225 g/mol. The Morgan fingerprint density at radius 3 is 2.60 bits per heavy atom. The van der Waals surface area contributed by atoms with Crippen LogP contribution in [0.1, 0.15) is 50.3 Å². The Morgan fingerprint density at radius 1 is 1.33 bits per heavy atom. The number of hydrogen-bond acceptors (Lipinski definition) is 4. The third-order valence-electron chi connectivity index (χ3n) is 3.32. The van der Waals surface area contributed by atoms with Gasteiger partial charge in [0.1, 0.15) is 0 Å². The van der Waals surface area contributed by atoms with Crippen LogP contribution in [0.2, 0.25) is 0 Å². The molecule has 84 valence electrons. The first-order valence-electron chi connectivity index (χ1n) is 5.76. The Kier molecular flexibility index (Phi) is 4.11. The number of hydrogen-bond donors (Lipinski definition) is 2. The zero-order valence-electron chi connectivity index (χ0n) is 8.98. The molecule has 1 heterocycles. The molecule has 3 N–H and O–H groups in total. The fourth-order valence-corrected chi connectivity index (χ4v) is 3.07. The molecule has 1 aromatic rings. The molecule has 0 saturated heterocycles. The second-order valence-electron chi connectivity index (χ2n) is 4.31. The summed E-state index contributed by atoms with van der Waals surface area (Å²) >= 11 is 1.65. The summed E-state index contributed by atoms with van der Waals surface area (Å²) in [6.45, 7) is 0. The van der Waals surface area contributed by atoms with Crippen LogP contribution in [-0.2, 0) is 0 Å². The summed E-state index contributed by atoms with van der Waals surface area (Å²) < 4.78 is 0. The molecule has 2 rings (SSSR count). The van der Waals surface area contributed by atoms with Crippen LogP contribution in [0.25, 0.3) is 0 Å². The molecule has 4 heteroatoms. The maximum Gasteiger partial charge on any atom is 0.0795 e. The van der Waals surface area contributed by atoms with Gasteiger partial charge in [-0.25, -0.2) is 4.98 Å². The van der Waals surface area contributed by atoms with Crippen molar-refractivity contribution in [3.63, 3.8) is 0 Å². The standard InChI is InChI=1S/C11H19N3S/c12-14-11(10-7-15-8-13-10)9-5-3-1-2-4-6-9/h7-9,11,14H,1-6,12H2. The maximum absolute atomic E-state index is 5.66. The highest BCUT2D eigenvalue weighted by atomic mass is 32.1. The minimum absolute atomic E-state index is 0.259. The summed E-state index contributed by atoms with van der Waals surface area (Å²) in [5.41, 5.74) is 5.95. The van der Waals surface area contributed by atoms with Gasteiger partial charge in [0.2, 0.25) is 0 Å². The van der Waals surface area contributed by atoms with Crippen LogP contribution in [0.4, 0.5) is 0 Å². The van der Waals surface area contributed by atoms with Crippen LogP contribution in [0.15, 0.2) is 10.9 Å². The average molecular weight is 225 g/mol. The molecule has 1 saturated carbocycles. The first kappa shape index (κ1) is 11.0. The van der Waals surface area contributed by atoms with E-state index in [1.807, 2.05) is 5.51 Å². The van der Waals surface area contributed by atoms with E-state index >= 15 is 0 Å². The van der Waals surface area contributed by atoms with Gasteiger partial charge < -0.3 is 0 Å². The molecule has 1 atom stereocenters. The summed E-state index contributed by atoms with van der Waals surface area (Å²) in [6, 6.07) is 0.259. The van der Waals surface area contributed by atoms with E-state index in [0.29, 0.717) is 5.92 Å². The normalized spacial score (nSPS) is 21.1. The second-order valence-corrected chi connectivity index (χ2v) is 5.03. The highest BCUT2D eigenvalue weighted by Crippen LogP contribution is 2.32. The third-order valence-corrected chi connectivity index (χ3v) is 3.93. The smallest absolute Gasteiger partial charge is 0.0795 e. The van der Waals surface area contributed by atoms with Gasteiger partial charge in [0.25, 0.3) is 0 Å². The van der Waals surface area contributed by atoms with Gasteiger partial charge in [-0.05, 0) is 18.8 Å². The molecule has 1 unspecified atom stereocenters. The molecule has 3 nitrogen and oxygen atoms in total. The van der Waals surface area contributed by atoms with Crippen LogP contribution in [0.5, 0.6) is 0 Å². The van der Waals surface area contributed by atoms with Crippen molar-refractivity contribution in [2.75, 3.05) is 0 Å². The summed E-state index contributed by atoms with van der Waals surface area (Å²) in [7, 11) is 0. The lowest BCUT2D eigenvalue weighted by atomic mass is 9.90. The summed E-state index contributed by atoms with van der Waals surface area (Å²) in [6.07, 6.45) is 8.01. The van der Waals surface area contributed by atoms with Crippen molar-refractivity contribution in [2.24, 2.45) is 11.8 Å². The van der Waals surface area contributed by atoms with Gasteiger partial charge in [-0.1, -0.05) is 25.7 Å². The second kappa shape index (κ2) is 5.58. The van der Waals surface area contributed by atoms with Crippen molar-refractivity contribution in [3.8, 4) is 0 Å². The first-order chi connectivity index (χ1) is 7.42. The van der Waals surface area contributed by atoms with Crippen molar-refractivity contribution in [1.29, 1.82) is 0 Å². The SMILES string of the molecule is NNC(c1cscn1)C1CCCCCC1. The highest BCUT2D eigenvalue weighted by Gasteiger charge is 2.24. The van der Waals surface area contributed by atoms with Crippen molar-refractivity contribution in [3.05, 3.63) is 16.6 Å². The molecule has 1 fully saturated rings. The lowest BCUT2D eigenvalue weighted by Crippen LogP contribution is -2.33. The number of nitrogens with two attached hydrogens (primary N) is 1. The molecule has 1 aliphatic rings. The number of nitrogens with one attached hydrogen (secondary N) is 1. The fourth-order valence-electron chi connectivity index (χ4n) is 2.48. The van der Waals surface area contributed by atoms with Crippen molar-refractivity contribution >= 4 is 11.3 Å². The van der Waals surface area contributed by atoms with Gasteiger partial charge in [-0.3, -0.25) is 11.3 Å². The number of rotatable bonds is 3. The van der Waals surface area contributed by atoms with Gasteiger partial charge in [0.15, 0.2) is 0 Å². The third kappa shape index (κ3) is 2.77. The molecule has 0 amide bonds. The number of nitrogens with zero attached hydrogens (tertiary/aromatic N) is 1. The maximum atomic E-state index is 5.66. The molecule has 1 aromatic heterocycles. The van der Waals surface area contributed by atoms with Crippen LogP contribution in [-0.4, -0.2) is 4.98 Å². The Labute approximate surface area is 95.1 Å². The lowest BCUT2D eigenvalue weighted by molar-refractivity contribution is 0.324. The molecule has 0 aromatic carbocycles. The largest absolute Gasteiger partial charge is 0.271 e. The van der Waals surface area contributed by atoms with E-state index < -0.39 is 0 Å². The molecule has 15 heavy (non-hydrogen) atoms. The zero-order valence-corrected chi connectivity index (χ0v) is 9.80. The van der Waals surface area contributed by atoms with Crippen LogP contribution in [0.3, 0.4) is 0 Å². The number of aromatic nitrogens is 1. The van der Waals surface area contributed by atoms with Crippen molar-refractivity contribution < 1.29 is 0 Å². The molecule has 0 spiro atoms. The lowest BCUT2D eigenvalue weighted by Gasteiger charge is -2.23. The first-order valence-corrected chi connectivity index (χ1v) is 6.70. The molecular weight excluding hydrogens is 206 g/mol. The molecule has 0 radical (unpaired) electrons. The Bertz CT molecular complexity index is 265. The minimum Gasteiger partial charge on any atom is -0.271 e. The Balaban J connectivity index is 2.04. The number of hydrazine groups is 1. The van der Waals surface area contributed by atoms with E-state index in [4.69, 9.17) is 5.84 Å². The van der Waals surface area contributed by atoms with Gasteiger partial charge >= 0.3 is 0 Å². The van der Waals surface area contributed by atoms with E-state index in [0.717, 1.165) is 5.69 Å². The van der Waals surface area contributed by atoms with Gasteiger partial charge in [-0.15, -0.1) is 11.3 Å². The molecule has 0 aliphatic heterocycles. The van der Waals surface area contributed by atoms with Crippen molar-refractivity contribution in [2.45, 2.75) is 44.6 Å². The highest BCUT2D eigenvalue weighted by molar-refractivity contribution is 7.07. The number of thiazole rings is 1. The molecular formula is C11H19N3S. The average Bonchev–Trinajstić information content (AvgIpc) is 2.63. The van der Waals surface area contributed by atoms with Crippen LogP contribution >= 0.6 is 11.3 Å². The van der Waals surface area contributed by atoms with Gasteiger partial charge in [0, 0.05) is 5.38 Å². The topological polar surface area (TPSA) is 50.9 Å². The molecule has 1 aliphatic carbocycles. The summed E-state index contributed by atoms with van der Waals surface area (Å²) in [5, 5.41) is 2.11. The van der Waals surface area contributed by atoms with E-state index in [-0.39, 0.29) is 6.04 Å². The van der Waals surface area contributed by atoms with Crippen molar-refractivity contribution in [1.82, 2.24) is 10.4 Å². The van der Waals surface area contributed by atoms with Gasteiger partial charge in [-0.2, -0.15) is 0 Å². The van der Waals surface area contributed by atoms with Crippen LogP contribution in [0, 0.1) is 5.92 Å². The summed E-state index contributed by atoms with van der Waals surface area (Å²) in [5.74, 6) is 6.33. The Morgan fingerprint density at radius 2 is 2.07 bits per heavy atom. The predicted octanol–water partition coefficient (Wildman–Crippen LogP) is 2.62. The fraction of sp³-hybridized carbons (Fsp3) is 0.727. The minimum atomic E-state index is 0.259. The van der Waals surface area contributed by atoms with E-state index in [1.54, 1.807) is 11.3 Å².